The lowest BCUT2D eigenvalue weighted by Crippen LogP contribution is -2.50. The fourth-order valence-corrected chi connectivity index (χ4v) is 2.64. The molecule has 0 aromatic carbocycles. The lowest BCUT2D eigenvalue weighted by molar-refractivity contribution is -0.929. The summed E-state index contributed by atoms with van der Waals surface area (Å²) < 4.78 is 10.1. The van der Waals surface area contributed by atoms with Crippen molar-refractivity contribution in [1.29, 1.82) is 0 Å². The van der Waals surface area contributed by atoms with Crippen molar-refractivity contribution in [3.05, 3.63) is 0 Å². The van der Waals surface area contributed by atoms with Crippen LogP contribution in [0, 0.1) is 0 Å². The Balaban J connectivity index is 0. The molecule has 0 amide bonds. The molecule has 0 spiro atoms. The summed E-state index contributed by atoms with van der Waals surface area (Å²) in [4.78, 5) is 14.2. The predicted octanol–water partition coefficient (Wildman–Crippen LogP) is 4.63. The van der Waals surface area contributed by atoms with Crippen LogP contribution in [0.25, 0.3) is 0 Å². The molecule has 2 N–H and O–H groups in total. The Labute approximate surface area is 133 Å². The molecule has 0 aliphatic carbocycles. The van der Waals surface area contributed by atoms with Gasteiger partial charge in [0.1, 0.15) is 0 Å². The van der Waals surface area contributed by atoms with Gasteiger partial charge in [-0.15, -0.1) is 9.79 Å². The highest BCUT2D eigenvalue weighted by Crippen LogP contribution is 2.16. The number of hydrogen-bond acceptors (Lipinski definition) is 1. The average molecular weight is 323 g/mol. The molecule has 21 heavy (non-hydrogen) atoms. The van der Waals surface area contributed by atoms with Crippen LogP contribution in [0.4, 0.5) is 0 Å². The molecule has 0 aromatic heterocycles. The Kier molecular flexibility index (Phi) is 18.1. The molecule has 128 valence electrons. The van der Waals surface area contributed by atoms with E-state index in [4.69, 9.17) is 14.4 Å². The maximum absolute atomic E-state index is 8.70. The maximum atomic E-state index is 8.70. The Morgan fingerprint density at radius 2 is 0.857 bits per heavy atom. The highest BCUT2D eigenvalue weighted by Gasteiger charge is 2.24. The number of hydrogen-bond donors (Lipinski definition) is 2. The van der Waals surface area contributed by atoms with Crippen LogP contribution in [-0.4, -0.2) is 40.4 Å². The Morgan fingerprint density at radius 3 is 1.00 bits per heavy atom. The van der Waals surface area contributed by atoms with Crippen molar-refractivity contribution < 1.29 is 18.8 Å². The van der Waals surface area contributed by atoms with Gasteiger partial charge in [0.25, 0.3) is 0 Å². The van der Waals surface area contributed by atoms with Crippen molar-refractivity contribution in [1.82, 2.24) is 0 Å². The third-order valence-corrected chi connectivity index (χ3v) is 3.94. The van der Waals surface area contributed by atoms with Crippen LogP contribution in [0.5, 0.6) is 0 Å². The molecule has 0 aliphatic heterocycles. The van der Waals surface area contributed by atoms with Gasteiger partial charge in [0.2, 0.25) is 0 Å². The third kappa shape index (κ3) is 16.2. The Morgan fingerprint density at radius 1 is 0.667 bits per heavy atom. The number of nitrogens with zero attached hydrogens (tertiary/aromatic N) is 1. The second-order valence-electron chi connectivity index (χ2n) is 5.90. The standard InChI is InChI=1S/C16H36N.HO3P/c1-5-9-13-17(14-10-6-2,15-11-7-3)16-12-8-4;1-4(2)3/h5-16H2,1-4H3;(H-,1,2,3)/q+1;/p+1. The summed E-state index contributed by atoms with van der Waals surface area (Å²) in [6.07, 6.45) is 11.1. The molecule has 0 saturated heterocycles. The maximum Gasteiger partial charge on any atom is 0.692 e. The van der Waals surface area contributed by atoms with E-state index in [-0.39, 0.29) is 0 Å². The Bertz CT molecular complexity index is 196. The van der Waals surface area contributed by atoms with Gasteiger partial charge in [0, 0.05) is 4.57 Å². The van der Waals surface area contributed by atoms with Gasteiger partial charge in [0.05, 0.1) is 26.2 Å². The van der Waals surface area contributed by atoms with Crippen molar-refractivity contribution in [2.75, 3.05) is 26.2 Å². The first-order chi connectivity index (χ1) is 9.97. The van der Waals surface area contributed by atoms with Gasteiger partial charge in [0.15, 0.2) is 0 Å². The molecular formula is C16H38NO3P+2. The van der Waals surface area contributed by atoms with Crippen molar-refractivity contribution in [2.24, 2.45) is 0 Å². The molecular weight excluding hydrogens is 285 g/mol. The summed E-state index contributed by atoms with van der Waals surface area (Å²) in [6, 6.07) is 0. The van der Waals surface area contributed by atoms with Gasteiger partial charge in [-0.2, -0.15) is 0 Å². The topological polar surface area (TPSA) is 57.5 Å². The van der Waals surface area contributed by atoms with E-state index < -0.39 is 8.25 Å². The highest BCUT2D eigenvalue weighted by molar-refractivity contribution is 7.30. The van der Waals surface area contributed by atoms with Gasteiger partial charge in [-0.1, -0.05) is 53.4 Å². The van der Waals surface area contributed by atoms with Gasteiger partial charge in [-0.05, 0) is 25.7 Å². The van der Waals surface area contributed by atoms with Gasteiger partial charge in [-0.25, -0.2) is 0 Å². The number of quaternary nitrogens is 1. The van der Waals surface area contributed by atoms with Crippen molar-refractivity contribution >= 4 is 8.25 Å². The first-order valence-electron chi connectivity index (χ1n) is 8.68. The van der Waals surface area contributed by atoms with E-state index in [9.17, 15) is 0 Å². The van der Waals surface area contributed by atoms with Crippen molar-refractivity contribution in [3.8, 4) is 0 Å². The summed E-state index contributed by atoms with van der Waals surface area (Å²) in [6.45, 7) is 15.0. The van der Waals surface area contributed by atoms with Crippen LogP contribution < -0.4 is 0 Å². The van der Waals surface area contributed by atoms with E-state index in [1.165, 1.54) is 82.0 Å². The molecule has 0 radical (unpaired) electrons. The summed E-state index contributed by atoms with van der Waals surface area (Å²) >= 11 is 0. The van der Waals surface area contributed by atoms with E-state index in [1.54, 1.807) is 0 Å². The number of unbranched alkanes of at least 4 members (excludes halogenated alkanes) is 4. The zero-order chi connectivity index (χ0) is 16.6. The molecule has 0 heterocycles. The predicted molar refractivity (Wildman–Crippen MR) is 91.4 cm³/mol. The first kappa shape index (κ1) is 23.2. The average Bonchev–Trinajstić information content (AvgIpc) is 2.45. The van der Waals surface area contributed by atoms with E-state index in [0.717, 1.165) is 0 Å². The van der Waals surface area contributed by atoms with Gasteiger partial charge < -0.3 is 4.48 Å². The van der Waals surface area contributed by atoms with Crippen molar-refractivity contribution in [3.63, 3.8) is 0 Å². The SMILES string of the molecule is CCCC[N+](CCCC)(CCCC)CCCC.O=[P+](O)O. The quantitative estimate of drug-likeness (QED) is 0.406. The van der Waals surface area contributed by atoms with E-state index in [0.29, 0.717) is 0 Å². The second kappa shape index (κ2) is 16.4. The zero-order valence-corrected chi connectivity index (χ0v) is 15.6. The molecule has 0 atom stereocenters. The highest BCUT2D eigenvalue weighted by atomic mass is 31.1. The lowest BCUT2D eigenvalue weighted by Gasteiger charge is -2.39. The van der Waals surface area contributed by atoms with E-state index >= 15 is 0 Å². The number of rotatable bonds is 12. The molecule has 0 aliphatic rings. The minimum Gasteiger partial charge on any atom is -0.324 e. The molecule has 0 aromatic rings. The van der Waals surface area contributed by atoms with E-state index in [2.05, 4.69) is 27.7 Å². The van der Waals surface area contributed by atoms with Gasteiger partial charge >= 0.3 is 8.25 Å². The monoisotopic (exact) mass is 323 g/mol. The van der Waals surface area contributed by atoms with Crippen LogP contribution in [0.1, 0.15) is 79.1 Å². The van der Waals surface area contributed by atoms with Crippen LogP contribution in [0.3, 0.4) is 0 Å². The summed E-state index contributed by atoms with van der Waals surface area (Å²) in [5.41, 5.74) is 0. The summed E-state index contributed by atoms with van der Waals surface area (Å²) in [5.74, 6) is 0. The van der Waals surface area contributed by atoms with Crippen LogP contribution in [0.15, 0.2) is 0 Å². The minimum atomic E-state index is -2.87. The van der Waals surface area contributed by atoms with Gasteiger partial charge in [-0.3, -0.25) is 0 Å². The first-order valence-corrected chi connectivity index (χ1v) is 9.84. The molecule has 4 nitrogen and oxygen atoms in total. The second-order valence-corrected chi connectivity index (χ2v) is 6.41. The largest absolute Gasteiger partial charge is 0.692 e. The lowest BCUT2D eigenvalue weighted by atomic mass is 10.1. The summed E-state index contributed by atoms with van der Waals surface area (Å²) in [7, 11) is -2.87. The smallest absolute Gasteiger partial charge is 0.324 e. The normalized spacial score (nSPS) is 11.0. The summed E-state index contributed by atoms with van der Waals surface area (Å²) in [5, 5.41) is 0. The van der Waals surface area contributed by atoms with Crippen LogP contribution in [0.2, 0.25) is 0 Å². The molecule has 0 saturated carbocycles. The molecule has 5 heteroatoms. The molecule has 0 unspecified atom stereocenters. The van der Waals surface area contributed by atoms with Crippen molar-refractivity contribution in [2.45, 2.75) is 79.1 Å². The third-order valence-electron chi connectivity index (χ3n) is 3.94. The van der Waals surface area contributed by atoms with Crippen LogP contribution in [-0.2, 0) is 4.57 Å². The fourth-order valence-electron chi connectivity index (χ4n) is 2.64. The molecule has 0 bridgehead atoms. The molecule has 0 fully saturated rings. The van der Waals surface area contributed by atoms with Crippen LogP contribution >= 0.6 is 8.25 Å². The minimum absolute atomic E-state index is 1.35. The zero-order valence-electron chi connectivity index (χ0n) is 14.7. The Hall–Kier alpha value is -0.0200. The molecule has 0 rings (SSSR count). The van der Waals surface area contributed by atoms with E-state index in [1.807, 2.05) is 0 Å². The fraction of sp³-hybridized carbons (Fsp3) is 1.00.